The number of aliphatic hydroxyl groups excluding tert-OH is 1. The summed E-state index contributed by atoms with van der Waals surface area (Å²) in [5, 5.41) is 11.4. The highest BCUT2D eigenvalue weighted by molar-refractivity contribution is 7.80. The predicted octanol–water partition coefficient (Wildman–Crippen LogP) is 5.45. The SMILES string of the molecule is CC(CC[C@@H](OS(=O)(=O)O)C(C)C)C1CCC2C3C(CC[C@]12C)[C@@]1(C)CCC(=O)C[C@@H]1C[C@H]3O. The molecule has 4 aliphatic rings. The third-order valence-corrected chi connectivity index (χ3v) is 11.6. The highest BCUT2D eigenvalue weighted by Crippen LogP contribution is 2.68. The van der Waals surface area contributed by atoms with Gasteiger partial charge in [-0.1, -0.05) is 34.6 Å². The van der Waals surface area contributed by atoms with E-state index in [2.05, 4.69) is 20.8 Å². The van der Waals surface area contributed by atoms with Gasteiger partial charge in [-0.15, -0.1) is 0 Å². The molecule has 10 atom stereocenters. The number of carbonyl (C=O) groups excluding carboxylic acids is 1. The molecule has 4 aliphatic carbocycles. The van der Waals surface area contributed by atoms with E-state index in [1.54, 1.807) is 0 Å². The summed E-state index contributed by atoms with van der Waals surface area (Å²) >= 11 is 0. The van der Waals surface area contributed by atoms with Crippen molar-refractivity contribution in [2.75, 3.05) is 0 Å². The molecule has 196 valence electrons. The molecule has 0 bridgehead atoms. The second-order valence-electron chi connectivity index (χ2n) is 13.1. The number of fused-ring (bicyclic) bond motifs is 5. The molecule has 0 aromatic carbocycles. The first-order valence-electron chi connectivity index (χ1n) is 13.6. The maximum absolute atomic E-state index is 12.2. The third-order valence-electron chi connectivity index (χ3n) is 11.2. The van der Waals surface area contributed by atoms with Gasteiger partial charge in [0.05, 0.1) is 12.2 Å². The number of aliphatic hydroxyl groups is 1. The molecule has 0 radical (unpaired) electrons. The van der Waals surface area contributed by atoms with Gasteiger partial charge in [0.25, 0.3) is 0 Å². The molecule has 4 fully saturated rings. The maximum atomic E-state index is 12.2. The minimum absolute atomic E-state index is 0.00456. The van der Waals surface area contributed by atoms with E-state index in [4.69, 9.17) is 8.74 Å². The standard InChI is InChI=1S/C27H46O6S/c1-16(2)24(33-34(30,31)32)9-6-17(3)20-7-8-21-25-22(11-13-27(20,21)5)26(4)12-10-19(28)14-18(26)15-23(25)29/h16-18,20-25,29H,6-15H2,1-5H3,(H,30,31,32)/t17?,18-,20?,21?,22?,23-,24-,25?,26+,27-/m1/s1. The van der Waals surface area contributed by atoms with Crippen LogP contribution in [0.5, 0.6) is 0 Å². The fourth-order valence-electron chi connectivity index (χ4n) is 9.27. The monoisotopic (exact) mass is 498 g/mol. The van der Waals surface area contributed by atoms with E-state index in [0.29, 0.717) is 60.6 Å². The Hall–Kier alpha value is -0.500. The van der Waals surface area contributed by atoms with Crippen LogP contribution in [0.25, 0.3) is 0 Å². The molecular weight excluding hydrogens is 452 g/mol. The lowest BCUT2D eigenvalue weighted by atomic mass is 9.44. The number of rotatable bonds is 7. The van der Waals surface area contributed by atoms with E-state index in [0.717, 1.165) is 38.5 Å². The van der Waals surface area contributed by atoms with Crippen LogP contribution in [0.1, 0.15) is 98.8 Å². The normalized spacial score (nSPS) is 44.3. The minimum atomic E-state index is -4.45. The van der Waals surface area contributed by atoms with Crippen LogP contribution in [-0.2, 0) is 19.4 Å². The molecule has 4 rings (SSSR count). The van der Waals surface area contributed by atoms with Gasteiger partial charge in [0.1, 0.15) is 5.78 Å². The number of carbonyl (C=O) groups is 1. The lowest BCUT2D eigenvalue weighted by molar-refractivity contribution is -0.169. The molecular formula is C27H46O6S. The van der Waals surface area contributed by atoms with Crippen LogP contribution in [0.15, 0.2) is 0 Å². The van der Waals surface area contributed by atoms with Gasteiger partial charge in [0.2, 0.25) is 0 Å². The summed E-state index contributed by atoms with van der Waals surface area (Å²) in [7, 11) is -4.45. The van der Waals surface area contributed by atoms with Gasteiger partial charge in [-0.2, -0.15) is 8.42 Å². The Bertz CT molecular complexity index is 870. The van der Waals surface area contributed by atoms with E-state index >= 15 is 0 Å². The van der Waals surface area contributed by atoms with Crippen molar-refractivity contribution < 1.29 is 27.1 Å². The topological polar surface area (TPSA) is 101 Å². The summed E-state index contributed by atoms with van der Waals surface area (Å²) in [6, 6.07) is 0. The molecule has 0 aliphatic heterocycles. The second-order valence-corrected chi connectivity index (χ2v) is 14.2. The lowest BCUT2D eigenvalue weighted by Gasteiger charge is -2.62. The Morgan fingerprint density at radius 1 is 1.03 bits per heavy atom. The predicted molar refractivity (Wildman–Crippen MR) is 131 cm³/mol. The average molecular weight is 499 g/mol. The number of ketones is 1. The van der Waals surface area contributed by atoms with Crippen LogP contribution < -0.4 is 0 Å². The Morgan fingerprint density at radius 2 is 1.71 bits per heavy atom. The molecule has 0 spiro atoms. The van der Waals surface area contributed by atoms with E-state index in [9.17, 15) is 18.3 Å². The van der Waals surface area contributed by atoms with E-state index in [1.165, 1.54) is 6.42 Å². The Morgan fingerprint density at radius 3 is 2.35 bits per heavy atom. The van der Waals surface area contributed by atoms with Crippen LogP contribution in [0.3, 0.4) is 0 Å². The molecule has 0 amide bonds. The second kappa shape index (κ2) is 9.42. The Labute approximate surface area is 206 Å². The van der Waals surface area contributed by atoms with E-state index in [-0.39, 0.29) is 22.9 Å². The van der Waals surface area contributed by atoms with Crippen LogP contribution in [0.2, 0.25) is 0 Å². The summed E-state index contributed by atoms with van der Waals surface area (Å²) in [5.74, 6) is 3.04. The maximum Gasteiger partial charge on any atom is 0.397 e. The van der Waals surface area contributed by atoms with Gasteiger partial charge < -0.3 is 5.11 Å². The van der Waals surface area contributed by atoms with Gasteiger partial charge >= 0.3 is 10.4 Å². The first kappa shape index (κ1) is 26.6. The molecule has 4 saturated carbocycles. The van der Waals surface area contributed by atoms with Crippen molar-refractivity contribution in [2.45, 2.75) is 111 Å². The van der Waals surface area contributed by atoms with Crippen molar-refractivity contribution in [3.63, 3.8) is 0 Å². The number of hydrogen-bond acceptors (Lipinski definition) is 5. The zero-order valence-electron chi connectivity index (χ0n) is 21.7. The van der Waals surface area contributed by atoms with Crippen molar-refractivity contribution >= 4 is 16.2 Å². The summed E-state index contributed by atoms with van der Waals surface area (Å²) < 4.78 is 36.7. The molecule has 0 aromatic rings. The van der Waals surface area contributed by atoms with Crippen LogP contribution in [0, 0.1) is 52.3 Å². The zero-order valence-corrected chi connectivity index (χ0v) is 22.5. The molecule has 34 heavy (non-hydrogen) atoms. The first-order valence-corrected chi connectivity index (χ1v) is 15.0. The van der Waals surface area contributed by atoms with Crippen LogP contribution in [0.4, 0.5) is 0 Å². The molecule has 7 heteroatoms. The van der Waals surface area contributed by atoms with Gasteiger partial charge in [0, 0.05) is 12.8 Å². The summed E-state index contributed by atoms with van der Waals surface area (Å²) in [6.07, 6.45) is 8.40. The number of Topliss-reactive ketones (excluding diaryl/α,β-unsaturated/α-hetero) is 1. The van der Waals surface area contributed by atoms with Crippen molar-refractivity contribution in [3.8, 4) is 0 Å². The molecule has 0 heterocycles. The fourth-order valence-corrected chi connectivity index (χ4v) is 9.90. The van der Waals surface area contributed by atoms with E-state index in [1.807, 2.05) is 13.8 Å². The lowest BCUT2D eigenvalue weighted by Crippen LogP contribution is -2.58. The van der Waals surface area contributed by atoms with Crippen molar-refractivity contribution in [2.24, 2.45) is 52.3 Å². The summed E-state index contributed by atoms with van der Waals surface area (Å²) in [5.41, 5.74) is 0.368. The van der Waals surface area contributed by atoms with Gasteiger partial charge in [-0.25, -0.2) is 4.18 Å². The molecule has 5 unspecified atom stereocenters. The third kappa shape index (κ3) is 4.76. The molecule has 2 N–H and O–H groups in total. The first-order chi connectivity index (χ1) is 15.8. The van der Waals surface area contributed by atoms with Gasteiger partial charge in [-0.05, 0) is 104 Å². The quantitative estimate of drug-likeness (QED) is 0.453. The van der Waals surface area contributed by atoms with Crippen molar-refractivity contribution in [1.82, 2.24) is 0 Å². The molecule has 0 saturated heterocycles. The van der Waals surface area contributed by atoms with Crippen LogP contribution in [-0.4, -0.2) is 36.1 Å². The number of hydrogen-bond donors (Lipinski definition) is 2. The highest BCUT2D eigenvalue weighted by atomic mass is 32.3. The zero-order chi connectivity index (χ0) is 25.1. The Kier molecular flexibility index (Phi) is 7.36. The minimum Gasteiger partial charge on any atom is -0.393 e. The highest BCUT2D eigenvalue weighted by Gasteiger charge is 2.62. The Balaban J connectivity index is 1.47. The molecule has 6 nitrogen and oxygen atoms in total. The fraction of sp³-hybridized carbons (Fsp3) is 0.963. The van der Waals surface area contributed by atoms with Crippen LogP contribution >= 0.6 is 0 Å². The summed E-state index contributed by atoms with van der Waals surface area (Å²) in [4.78, 5) is 12.2. The average Bonchev–Trinajstić information content (AvgIpc) is 3.08. The van der Waals surface area contributed by atoms with Crippen molar-refractivity contribution in [1.29, 1.82) is 0 Å². The van der Waals surface area contributed by atoms with Gasteiger partial charge in [-0.3, -0.25) is 9.35 Å². The smallest absolute Gasteiger partial charge is 0.393 e. The van der Waals surface area contributed by atoms with E-state index < -0.39 is 16.5 Å². The molecule has 0 aromatic heterocycles. The summed E-state index contributed by atoms with van der Waals surface area (Å²) in [6.45, 7) is 11.0. The van der Waals surface area contributed by atoms with Gasteiger partial charge in [0.15, 0.2) is 0 Å². The van der Waals surface area contributed by atoms with Crippen molar-refractivity contribution in [3.05, 3.63) is 0 Å². The largest absolute Gasteiger partial charge is 0.397 e.